The Balaban J connectivity index is 2.88. The van der Waals surface area contributed by atoms with Crippen molar-refractivity contribution < 1.29 is 23.8 Å². The molecule has 5 nitrogen and oxygen atoms in total. The number of benzene rings is 1. The normalized spacial score (nSPS) is 11.1. The summed E-state index contributed by atoms with van der Waals surface area (Å²) in [4.78, 5) is 22.6. The molecule has 110 valence electrons. The van der Waals surface area contributed by atoms with Gasteiger partial charge in [-0.1, -0.05) is 0 Å². The number of aryl methyl sites for hydroxylation is 1. The van der Waals surface area contributed by atoms with E-state index in [1.807, 2.05) is 0 Å². The number of carboxylic acid groups (broad SMARTS) is 1. The largest absolute Gasteiger partial charge is 0.478 e. The van der Waals surface area contributed by atoms with Crippen molar-refractivity contribution in [2.24, 2.45) is 0 Å². The Labute approximate surface area is 116 Å². The number of alkyl carbamates (subject to hydrolysis) is 1. The standard InChI is InChI=1S/C14H18FNO4/c1-8-5-9(15)6-10(12(17)18)11(8)7-16-13(19)20-14(2,3)4/h5-6H,7H2,1-4H3,(H,16,19)(H,17,18). The average Bonchev–Trinajstić information content (AvgIpc) is 2.24. The fraction of sp³-hybridized carbons (Fsp3) is 0.429. The molecule has 0 fully saturated rings. The third-order valence-electron chi connectivity index (χ3n) is 2.48. The molecule has 0 spiro atoms. The fourth-order valence-corrected chi connectivity index (χ4v) is 1.67. The van der Waals surface area contributed by atoms with Crippen LogP contribution in [0.1, 0.15) is 42.3 Å². The van der Waals surface area contributed by atoms with Crippen LogP contribution in [-0.2, 0) is 11.3 Å². The number of carbonyl (C=O) groups excluding carboxylic acids is 1. The first kappa shape index (κ1) is 15.9. The first-order valence-corrected chi connectivity index (χ1v) is 6.09. The van der Waals surface area contributed by atoms with Gasteiger partial charge in [-0.15, -0.1) is 0 Å². The molecule has 0 atom stereocenters. The van der Waals surface area contributed by atoms with Gasteiger partial charge < -0.3 is 15.2 Å². The van der Waals surface area contributed by atoms with Crippen LogP contribution in [0.4, 0.5) is 9.18 Å². The molecule has 1 amide bonds. The zero-order valence-corrected chi connectivity index (χ0v) is 11.9. The number of halogens is 1. The predicted octanol–water partition coefficient (Wildman–Crippen LogP) is 2.86. The van der Waals surface area contributed by atoms with Gasteiger partial charge in [-0.2, -0.15) is 0 Å². The first-order chi connectivity index (χ1) is 9.10. The maximum Gasteiger partial charge on any atom is 0.407 e. The van der Waals surface area contributed by atoms with E-state index in [0.29, 0.717) is 11.1 Å². The number of hydrogen-bond donors (Lipinski definition) is 2. The average molecular weight is 283 g/mol. The van der Waals surface area contributed by atoms with Crippen molar-refractivity contribution in [1.29, 1.82) is 0 Å². The summed E-state index contributed by atoms with van der Waals surface area (Å²) < 4.78 is 18.3. The number of amides is 1. The van der Waals surface area contributed by atoms with Gasteiger partial charge in [-0.3, -0.25) is 0 Å². The van der Waals surface area contributed by atoms with Gasteiger partial charge in [0.05, 0.1) is 5.56 Å². The number of ether oxygens (including phenoxy) is 1. The van der Waals surface area contributed by atoms with E-state index in [1.54, 1.807) is 27.7 Å². The molecule has 0 bridgehead atoms. The van der Waals surface area contributed by atoms with Gasteiger partial charge in [0.1, 0.15) is 11.4 Å². The van der Waals surface area contributed by atoms with Gasteiger partial charge in [0.15, 0.2) is 0 Å². The number of aromatic carboxylic acids is 1. The van der Waals surface area contributed by atoms with Gasteiger partial charge in [0.2, 0.25) is 0 Å². The van der Waals surface area contributed by atoms with E-state index >= 15 is 0 Å². The van der Waals surface area contributed by atoms with Crippen molar-refractivity contribution in [2.45, 2.75) is 39.8 Å². The Hall–Kier alpha value is -2.11. The Kier molecular flexibility index (Phi) is 4.70. The molecule has 0 aliphatic heterocycles. The highest BCUT2D eigenvalue weighted by atomic mass is 19.1. The van der Waals surface area contributed by atoms with Crippen LogP contribution in [0.2, 0.25) is 0 Å². The number of rotatable bonds is 3. The topological polar surface area (TPSA) is 75.6 Å². The summed E-state index contributed by atoms with van der Waals surface area (Å²) in [6.45, 7) is 6.71. The van der Waals surface area contributed by atoms with Gasteiger partial charge in [-0.05, 0) is 51.0 Å². The molecule has 0 aliphatic rings. The van der Waals surface area contributed by atoms with Gasteiger partial charge in [0.25, 0.3) is 0 Å². The van der Waals surface area contributed by atoms with Gasteiger partial charge in [0, 0.05) is 6.54 Å². The molecule has 1 rings (SSSR count). The van der Waals surface area contributed by atoms with Crippen molar-refractivity contribution in [3.63, 3.8) is 0 Å². The van der Waals surface area contributed by atoms with Gasteiger partial charge >= 0.3 is 12.1 Å². The zero-order chi connectivity index (χ0) is 15.5. The number of hydrogen-bond acceptors (Lipinski definition) is 3. The zero-order valence-electron chi connectivity index (χ0n) is 11.9. The SMILES string of the molecule is Cc1cc(F)cc(C(=O)O)c1CNC(=O)OC(C)(C)C. The number of nitrogens with one attached hydrogen (secondary N) is 1. The number of carbonyl (C=O) groups is 2. The second-order valence-corrected chi connectivity index (χ2v) is 5.41. The van der Waals surface area contributed by atoms with Crippen molar-refractivity contribution in [1.82, 2.24) is 5.32 Å². The summed E-state index contributed by atoms with van der Waals surface area (Å²) >= 11 is 0. The van der Waals surface area contributed by atoms with Crippen molar-refractivity contribution in [2.75, 3.05) is 0 Å². The summed E-state index contributed by atoms with van der Waals surface area (Å²) in [5.74, 6) is -1.87. The molecule has 1 aromatic carbocycles. The lowest BCUT2D eigenvalue weighted by molar-refractivity contribution is 0.0520. The van der Waals surface area contributed by atoms with E-state index in [1.165, 1.54) is 6.07 Å². The molecule has 0 heterocycles. The van der Waals surface area contributed by atoms with Gasteiger partial charge in [-0.25, -0.2) is 14.0 Å². The highest BCUT2D eigenvalue weighted by molar-refractivity contribution is 5.90. The molecule has 0 saturated carbocycles. The first-order valence-electron chi connectivity index (χ1n) is 6.09. The van der Waals surface area contributed by atoms with E-state index in [0.717, 1.165) is 6.07 Å². The van der Waals surface area contributed by atoms with Crippen LogP contribution < -0.4 is 5.32 Å². The third-order valence-corrected chi connectivity index (χ3v) is 2.48. The Morgan fingerprint density at radius 1 is 1.35 bits per heavy atom. The lowest BCUT2D eigenvalue weighted by Gasteiger charge is -2.20. The molecule has 0 radical (unpaired) electrons. The molecule has 2 N–H and O–H groups in total. The summed E-state index contributed by atoms with van der Waals surface area (Å²) in [7, 11) is 0. The Bertz CT molecular complexity index is 535. The Morgan fingerprint density at radius 2 is 1.95 bits per heavy atom. The quantitative estimate of drug-likeness (QED) is 0.894. The second kappa shape index (κ2) is 5.90. The third kappa shape index (κ3) is 4.53. The molecule has 0 aliphatic carbocycles. The number of carboxylic acids is 1. The molecule has 0 saturated heterocycles. The Morgan fingerprint density at radius 3 is 2.45 bits per heavy atom. The minimum absolute atomic E-state index is 0.0390. The van der Waals surface area contributed by atoms with Crippen LogP contribution in [0.3, 0.4) is 0 Å². The summed E-state index contributed by atoms with van der Waals surface area (Å²) in [5.41, 5.74) is -0.000784. The molecule has 20 heavy (non-hydrogen) atoms. The molecule has 0 aromatic heterocycles. The lowest BCUT2D eigenvalue weighted by atomic mass is 10.0. The van der Waals surface area contributed by atoms with Crippen LogP contribution in [0.25, 0.3) is 0 Å². The van der Waals surface area contributed by atoms with Crippen molar-refractivity contribution in [3.8, 4) is 0 Å². The highest BCUT2D eigenvalue weighted by Gasteiger charge is 2.18. The minimum Gasteiger partial charge on any atom is -0.478 e. The monoisotopic (exact) mass is 283 g/mol. The lowest BCUT2D eigenvalue weighted by Crippen LogP contribution is -2.32. The van der Waals surface area contributed by atoms with Crippen LogP contribution in [0, 0.1) is 12.7 Å². The maximum absolute atomic E-state index is 13.2. The maximum atomic E-state index is 13.2. The molecular weight excluding hydrogens is 265 g/mol. The molecular formula is C14H18FNO4. The highest BCUT2D eigenvalue weighted by Crippen LogP contribution is 2.17. The smallest absolute Gasteiger partial charge is 0.407 e. The van der Waals surface area contributed by atoms with Crippen LogP contribution in [0.15, 0.2) is 12.1 Å². The van der Waals surface area contributed by atoms with E-state index in [2.05, 4.69) is 5.32 Å². The molecule has 0 unspecified atom stereocenters. The van der Waals surface area contributed by atoms with Crippen LogP contribution in [-0.4, -0.2) is 22.8 Å². The molecule has 6 heteroatoms. The predicted molar refractivity (Wildman–Crippen MR) is 71.2 cm³/mol. The van der Waals surface area contributed by atoms with E-state index in [4.69, 9.17) is 9.84 Å². The van der Waals surface area contributed by atoms with Crippen LogP contribution >= 0.6 is 0 Å². The fourth-order valence-electron chi connectivity index (χ4n) is 1.67. The summed E-state index contributed by atoms with van der Waals surface area (Å²) in [6.07, 6.45) is -0.655. The molecule has 1 aromatic rings. The summed E-state index contributed by atoms with van der Waals surface area (Å²) in [6, 6.07) is 2.15. The van der Waals surface area contributed by atoms with E-state index in [9.17, 15) is 14.0 Å². The van der Waals surface area contributed by atoms with Crippen molar-refractivity contribution in [3.05, 3.63) is 34.6 Å². The van der Waals surface area contributed by atoms with Crippen molar-refractivity contribution >= 4 is 12.1 Å². The van der Waals surface area contributed by atoms with E-state index in [-0.39, 0.29) is 12.1 Å². The minimum atomic E-state index is -1.24. The second-order valence-electron chi connectivity index (χ2n) is 5.41. The van der Waals surface area contributed by atoms with Crippen LogP contribution in [0.5, 0.6) is 0 Å². The van der Waals surface area contributed by atoms with E-state index < -0.39 is 23.5 Å². The summed E-state index contributed by atoms with van der Waals surface area (Å²) in [5, 5.41) is 11.5.